The highest BCUT2D eigenvalue weighted by Gasteiger charge is 2.15. The van der Waals surface area contributed by atoms with Crippen LogP contribution in [0.1, 0.15) is 17.3 Å². The zero-order valence-electron chi connectivity index (χ0n) is 13.8. The molecule has 0 aliphatic rings. The number of H-pyrrole nitrogens is 1. The molecular formula is C16H15N5O4S. The molecule has 0 aliphatic heterocycles. The third-order valence-electron chi connectivity index (χ3n) is 3.30. The van der Waals surface area contributed by atoms with Crippen LogP contribution in [0.2, 0.25) is 0 Å². The Balaban J connectivity index is 1.68. The molecule has 0 unspecified atom stereocenters. The number of carbonyl (C=O) groups is 2. The number of ether oxygens (including phenoxy) is 1. The predicted molar refractivity (Wildman–Crippen MR) is 95.4 cm³/mol. The van der Waals surface area contributed by atoms with Crippen LogP contribution in [0.4, 0.5) is 5.69 Å². The van der Waals surface area contributed by atoms with E-state index in [1.165, 1.54) is 12.3 Å². The maximum absolute atomic E-state index is 12.2. The van der Waals surface area contributed by atoms with Gasteiger partial charge in [0.05, 0.1) is 23.6 Å². The molecule has 2 heterocycles. The topological polar surface area (TPSA) is 118 Å². The molecule has 0 fully saturated rings. The van der Waals surface area contributed by atoms with Gasteiger partial charge in [-0.3, -0.25) is 19.0 Å². The number of nitrogens with zero attached hydrogens (tertiary/aromatic N) is 3. The van der Waals surface area contributed by atoms with Crippen LogP contribution in [0.3, 0.4) is 0 Å². The van der Waals surface area contributed by atoms with Crippen molar-refractivity contribution in [3.05, 3.63) is 52.4 Å². The van der Waals surface area contributed by atoms with E-state index in [9.17, 15) is 14.4 Å². The lowest BCUT2D eigenvalue weighted by atomic mass is 10.2. The van der Waals surface area contributed by atoms with Gasteiger partial charge in [-0.05, 0) is 19.1 Å². The normalized spacial score (nSPS) is 10.7. The van der Waals surface area contributed by atoms with Gasteiger partial charge >= 0.3 is 5.97 Å². The summed E-state index contributed by atoms with van der Waals surface area (Å²) in [6.07, 6.45) is 1.53. The van der Waals surface area contributed by atoms with E-state index in [1.807, 2.05) is 0 Å². The van der Waals surface area contributed by atoms with Crippen molar-refractivity contribution in [3.63, 3.8) is 0 Å². The number of amides is 1. The second kappa shape index (κ2) is 7.83. The van der Waals surface area contributed by atoms with Gasteiger partial charge in [0, 0.05) is 12.3 Å². The first-order valence-electron chi connectivity index (χ1n) is 7.71. The highest BCUT2D eigenvalue weighted by molar-refractivity contribution is 7.99. The Labute approximate surface area is 151 Å². The summed E-state index contributed by atoms with van der Waals surface area (Å²) < 4.78 is 6.56. The number of hydrogen-bond acceptors (Lipinski definition) is 7. The average Bonchev–Trinajstić information content (AvgIpc) is 3.02. The van der Waals surface area contributed by atoms with Gasteiger partial charge < -0.3 is 10.1 Å². The van der Waals surface area contributed by atoms with Gasteiger partial charge in [0.15, 0.2) is 5.16 Å². The van der Waals surface area contributed by atoms with E-state index in [0.717, 1.165) is 11.8 Å². The summed E-state index contributed by atoms with van der Waals surface area (Å²) in [5.74, 6) is -0.457. The van der Waals surface area contributed by atoms with Crippen molar-refractivity contribution in [2.45, 2.75) is 12.1 Å². The van der Waals surface area contributed by atoms with Gasteiger partial charge in [-0.1, -0.05) is 23.9 Å². The fourth-order valence-electron chi connectivity index (χ4n) is 2.18. The third kappa shape index (κ3) is 3.91. The molecule has 0 atom stereocenters. The van der Waals surface area contributed by atoms with Gasteiger partial charge in [0.1, 0.15) is 0 Å². The van der Waals surface area contributed by atoms with Crippen molar-refractivity contribution < 1.29 is 14.3 Å². The van der Waals surface area contributed by atoms with E-state index in [1.54, 1.807) is 35.6 Å². The summed E-state index contributed by atoms with van der Waals surface area (Å²) in [7, 11) is 0. The molecule has 9 nitrogen and oxygen atoms in total. The number of hydrogen-bond donors (Lipinski definition) is 2. The number of para-hydroxylation sites is 1. The number of fused-ring (bicyclic) bond motifs is 1. The molecule has 0 aliphatic carbocycles. The predicted octanol–water partition coefficient (Wildman–Crippen LogP) is 1.33. The Kier molecular flexibility index (Phi) is 5.32. The summed E-state index contributed by atoms with van der Waals surface area (Å²) in [6, 6.07) is 7.97. The fourth-order valence-corrected chi connectivity index (χ4v) is 2.90. The van der Waals surface area contributed by atoms with Crippen molar-refractivity contribution in [2.24, 2.45) is 0 Å². The molecule has 1 aromatic carbocycles. The van der Waals surface area contributed by atoms with Crippen molar-refractivity contribution in [1.29, 1.82) is 0 Å². The minimum absolute atomic E-state index is 0.0527. The molecule has 0 spiro atoms. The summed E-state index contributed by atoms with van der Waals surface area (Å²) in [5.41, 5.74) is 0.389. The van der Waals surface area contributed by atoms with Crippen LogP contribution in [0.25, 0.3) is 5.78 Å². The quantitative estimate of drug-likeness (QED) is 0.494. The van der Waals surface area contributed by atoms with E-state index in [-0.39, 0.29) is 23.8 Å². The van der Waals surface area contributed by atoms with Crippen LogP contribution in [-0.2, 0) is 9.53 Å². The van der Waals surface area contributed by atoms with E-state index >= 15 is 0 Å². The minimum atomic E-state index is -0.497. The lowest BCUT2D eigenvalue weighted by Crippen LogP contribution is -2.17. The molecule has 0 saturated heterocycles. The summed E-state index contributed by atoms with van der Waals surface area (Å²) >= 11 is 1.15. The van der Waals surface area contributed by atoms with E-state index < -0.39 is 5.97 Å². The van der Waals surface area contributed by atoms with Crippen LogP contribution in [0, 0.1) is 0 Å². The van der Waals surface area contributed by atoms with Crippen LogP contribution in [0.5, 0.6) is 0 Å². The first-order chi connectivity index (χ1) is 12.6. The van der Waals surface area contributed by atoms with Crippen LogP contribution >= 0.6 is 11.8 Å². The third-order valence-corrected chi connectivity index (χ3v) is 4.25. The number of anilines is 1. The van der Waals surface area contributed by atoms with Crippen molar-refractivity contribution >= 4 is 35.1 Å². The van der Waals surface area contributed by atoms with Gasteiger partial charge in [-0.15, -0.1) is 10.2 Å². The molecule has 26 heavy (non-hydrogen) atoms. The number of rotatable bonds is 6. The van der Waals surface area contributed by atoms with Crippen molar-refractivity contribution in [3.8, 4) is 0 Å². The second-order valence-corrected chi connectivity index (χ2v) is 6.03. The Hall–Kier alpha value is -3.14. The maximum atomic E-state index is 12.2. The summed E-state index contributed by atoms with van der Waals surface area (Å²) in [6.45, 7) is 1.96. The lowest BCUT2D eigenvalue weighted by Gasteiger charge is -2.09. The van der Waals surface area contributed by atoms with Crippen molar-refractivity contribution in [2.75, 3.05) is 17.7 Å². The molecule has 3 aromatic rings. The lowest BCUT2D eigenvalue weighted by molar-refractivity contribution is -0.113. The first-order valence-corrected chi connectivity index (χ1v) is 8.70. The van der Waals surface area contributed by atoms with E-state index in [0.29, 0.717) is 22.2 Å². The summed E-state index contributed by atoms with van der Waals surface area (Å²) in [4.78, 5) is 38.0. The van der Waals surface area contributed by atoms with E-state index in [4.69, 9.17) is 4.74 Å². The Morgan fingerprint density at radius 2 is 2.08 bits per heavy atom. The molecule has 2 N–H and O–H groups in total. The van der Waals surface area contributed by atoms with Crippen LogP contribution in [0.15, 0.2) is 46.5 Å². The fraction of sp³-hybridized carbons (Fsp3) is 0.188. The number of esters is 1. The summed E-state index contributed by atoms with van der Waals surface area (Å²) in [5, 5.41) is 10.9. The number of thioether (sulfide) groups is 1. The van der Waals surface area contributed by atoms with Gasteiger partial charge in [-0.25, -0.2) is 4.79 Å². The Morgan fingerprint density at radius 1 is 1.27 bits per heavy atom. The standard InChI is InChI=1S/C16H15N5O4S/c1-2-25-14(24)10-5-3-4-6-11(10)17-13(23)9-26-16-20-19-15-18-12(22)7-8-21(15)16/h3-8H,2,9H2,1H3,(H,17,23)(H,18,19,22). The zero-order valence-corrected chi connectivity index (χ0v) is 14.6. The van der Waals surface area contributed by atoms with Crippen LogP contribution in [-0.4, -0.2) is 43.8 Å². The van der Waals surface area contributed by atoms with Gasteiger partial charge in [-0.2, -0.15) is 0 Å². The zero-order chi connectivity index (χ0) is 18.5. The van der Waals surface area contributed by atoms with Crippen molar-refractivity contribution in [1.82, 2.24) is 19.6 Å². The SMILES string of the molecule is CCOC(=O)c1ccccc1NC(=O)CSc1nnc2[nH]c(=O)ccn12. The number of carbonyl (C=O) groups excluding carboxylic acids is 2. The number of aromatic nitrogens is 4. The monoisotopic (exact) mass is 373 g/mol. The maximum Gasteiger partial charge on any atom is 0.340 e. The highest BCUT2D eigenvalue weighted by atomic mass is 32.2. The first kappa shape index (κ1) is 17.7. The Morgan fingerprint density at radius 3 is 2.88 bits per heavy atom. The molecule has 10 heteroatoms. The minimum Gasteiger partial charge on any atom is -0.462 e. The average molecular weight is 373 g/mol. The van der Waals surface area contributed by atoms with E-state index in [2.05, 4.69) is 20.5 Å². The second-order valence-electron chi connectivity index (χ2n) is 5.08. The molecule has 0 bridgehead atoms. The molecule has 2 aromatic heterocycles. The molecular weight excluding hydrogens is 358 g/mol. The molecule has 3 rings (SSSR count). The molecule has 1 amide bonds. The molecule has 0 radical (unpaired) electrons. The van der Waals surface area contributed by atoms with Gasteiger partial charge in [0.2, 0.25) is 11.7 Å². The largest absolute Gasteiger partial charge is 0.462 e. The number of aromatic amines is 1. The van der Waals surface area contributed by atoms with Gasteiger partial charge in [0.25, 0.3) is 5.56 Å². The Bertz CT molecular complexity index is 1010. The smallest absolute Gasteiger partial charge is 0.340 e. The molecule has 0 saturated carbocycles. The number of benzene rings is 1. The molecule has 134 valence electrons. The number of nitrogens with one attached hydrogen (secondary N) is 2. The van der Waals surface area contributed by atoms with Crippen LogP contribution < -0.4 is 10.9 Å². The highest BCUT2D eigenvalue weighted by Crippen LogP contribution is 2.19.